The van der Waals surface area contributed by atoms with Gasteiger partial charge in [-0.2, -0.15) is 0 Å². The van der Waals surface area contributed by atoms with E-state index in [1.54, 1.807) is 12.0 Å². The van der Waals surface area contributed by atoms with Gasteiger partial charge in [-0.1, -0.05) is 0 Å². The van der Waals surface area contributed by atoms with Crippen molar-refractivity contribution in [2.75, 3.05) is 33.5 Å². The molecule has 0 bridgehead atoms. The Balaban J connectivity index is 2.16. The van der Waals surface area contributed by atoms with Crippen molar-refractivity contribution in [1.82, 2.24) is 9.88 Å². The monoisotopic (exact) mass is 266 g/mol. The molecule has 1 fully saturated rings. The molecule has 104 valence electrons. The van der Waals surface area contributed by atoms with Crippen molar-refractivity contribution >= 4 is 5.91 Å². The molecule has 1 aromatic rings. The number of pyridine rings is 1. The number of carbonyl (C=O) groups is 1. The first-order chi connectivity index (χ1) is 9.22. The minimum Gasteiger partial charge on any atom is -0.383 e. The fourth-order valence-corrected chi connectivity index (χ4v) is 2.13. The van der Waals surface area contributed by atoms with Crippen LogP contribution in [0.1, 0.15) is 16.9 Å². The number of H-pyrrole nitrogens is 1. The Labute approximate surface area is 111 Å². The lowest BCUT2D eigenvalue weighted by atomic mass is 10.2. The first kappa shape index (κ1) is 13.8. The molecule has 1 aromatic heterocycles. The molecule has 6 heteroatoms. The van der Waals surface area contributed by atoms with Crippen LogP contribution in [0, 0.1) is 0 Å². The Hall–Kier alpha value is -1.66. The van der Waals surface area contributed by atoms with E-state index < -0.39 is 0 Å². The number of methoxy groups -OCH3 is 1. The van der Waals surface area contributed by atoms with Crippen LogP contribution in [-0.4, -0.2) is 55.3 Å². The average molecular weight is 266 g/mol. The van der Waals surface area contributed by atoms with E-state index in [0.29, 0.717) is 32.1 Å². The number of rotatable bonds is 5. The highest BCUT2D eigenvalue weighted by Crippen LogP contribution is 2.14. The lowest BCUT2D eigenvalue weighted by Gasteiger charge is -2.27. The third kappa shape index (κ3) is 3.42. The highest BCUT2D eigenvalue weighted by atomic mass is 16.5. The lowest BCUT2D eigenvalue weighted by Crippen LogP contribution is -2.43. The maximum absolute atomic E-state index is 12.4. The fraction of sp³-hybridized carbons (Fsp3) is 0.538. The topological polar surface area (TPSA) is 71.6 Å². The average Bonchev–Trinajstić information content (AvgIpc) is 2.93. The van der Waals surface area contributed by atoms with Crippen LogP contribution in [0.2, 0.25) is 0 Å². The van der Waals surface area contributed by atoms with Gasteiger partial charge < -0.3 is 19.4 Å². The molecule has 19 heavy (non-hydrogen) atoms. The molecule has 1 aliphatic rings. The van der Waals surface area contributed by atoms with Gasteiger partial charge >= 0.3 is 0 Å². The van der Waals surface area contributed by atoms with Gasteiger partial charge in [0.25, 0.3) is 5.91 Å². The zero-order chi connectivity index (χ0) is 13.7. The second-order valence-corrected chi connectivity index (χ2v) is 4.45. The summed E-state index contributed by atoms with van der Waals surface area (Å²) in [5, 5.41) is 0. The Bertz CT molecular complexity index is 480. The number of hydrogen-bond acceptors (Lipinski definition) is 4. The van der Waals surface area contributed by atoms with E-state index in [0.717, 1.165) is 6.42 Å². The molecule has 1 unspecified atom stereocenters. The number of ether oxygens (including phenoxy) is 2. The van der Waals surface area contributed by atoms with Crippen LogP contribution in [0.15, 0.2) is 23.1 Å². The molecule has 0 spiro atoms. The predicted octanol–water partition coefficient (Wildman–Crippen LogP) is 0.252. The Kier molecular flexibility index (Phi) is 4.70. The summed E-state index contributed by atoms with van der Waals surface area (Å²) in [4.78, 5) is 28.3. The number of aromatic nitrogens is 1. The van der Waals surface area contributed by atoms with Crippen LogP contribution in [0.4, 0.5) is 0 Å². The van der Waals surface area contributed by atoms with Crippen LogP contribution >= 0.6 is 0 Å². The summed E-state index contributed by atoms with van der Waals surface area (Å²) >= 11 is 0. The smallest absolute Gasteiger partial charge is 0.270 e. The number of hydrogen-bond donors (Lipinski definition) is 1. The van der Waals surface area contributed by atoms with Gasteiger partial charge in [0.15, 0.2) is 5.43 Å². The van der Waals surface area contributed by atoms with Crippen LogP contribution in [0.25, 0.3) is 0 Å². The summed E-state index contributed by atoms with van der Waals surface area (Å²) in [7, 11) is 1.60. The van der Waals surface area contributed by atoms with Gasteiger partial charge in [0.2, 0.25) is 0 Å². The second kappa shape index (κ2) is 6.49. The molecule has 6 nitrogen and oxygen atoms in total. The van der Waals surface area contributed by atoms with Crippen LogP contribution < -0.4 is 5.43 Å². The minimum atomic E-state index is -0.190. The number of aromatic amines is 1. The molecule has 1 N–H and O–H groups in total. The zero-order valence-corrected chi connectivity index (χ0v) is 10.9. The summed E-state index contributed by atoms with van der Waals surface area (Å²) in [6.45, 7) is 2.14. The number of nitrogens with zero attached hydrogens (tertiary/aromatic N) is 1. The summed E-state index contributed by atoms with van der Waals surface area (Å²) < 4.78 is 10.4. The van der Waals surface area contributed by atoms with Gasteiger partial charge in [-0.15, -0.1) is 0 Å². The van der Waals surface area contributed by atoms with Crippen LogP contribution in [0.3, 0.4) is 0 Å². The van der Waals surface area contributed by atoms with E-state index in [1.165, 1.54) is 18.3 Å². The third-order valence-corrected chi connectivity index (χ3v) is 3.15. The maximum Gasteiger partial charge on any atom is 0.270 e. The summed E-state index contributed by atoms with van der Waals surface area (Å²) in [5.41, 5.74) is 0.118. The van der Waals surface area contributed by atoms with E-state index in [2.05, 4.69) is 4.98 Å². The summed E-state index contributed by atoms with van der Waals surface area (Å²) in [5.74, 6) is -0.190. The first-order valence-corrected chi connectivity index (χ1v) is 6.29. The van der Waals surface area contributed by atoms with E-state index in [1.807, 2.05) is 0 Å². The maximum atomic E-state index is 12.4. The SMILES string of the molecule is COCCN(C(=O)c1cc(=O)cc[nH]1)C1CCOC1. The minimum absolute atomic E-state index is 0.0476. The number of amides is 1. The summed E-state index contributed by atoms with van der Waals surface area (Å²) in [6, 6.07) is 2.75. The molecule has 1 saturated heterocycles. The van der Waals surface area contributed by atoms with Crippen molar-refractivity contribution in [2.45, 2.75) is 12.5 Å². The molecule has 1 atom stereocenters. The molecular weight excluding hydrogens is 248 g/mol. The van der Waals surface area contributed by atoms with E-state index in [9.17, 15) is 9.59 Å². The summed E-state index contributed by atoms with van der Waals surface area (Å²) in [6.07, 6.45) is 2.29. The zero-order valence-electron chi connectivity index (χ0n) is 10.9. The van der Waals surface area contributed by atoms with Gasteiger partial charge in [-0.25, -0.2) is 0 Å². The number of nitrogens with one attached hydrogen (secondary N) is 1. The van der Waals surface area contributed by atoms with Crippen molar-refractivity contribution in [3.63, 3.8) is 0 Å². The van der Waals surface area contributed by atoms with Gasteiger partial charge in [-0.05, 0) is 6.42 Å². The molecular formula is C13H18N2O4. The van der Waals surface area contributed by atoms with Crippen molar-refractivity contribution in [1.29, 1.82) is 0 Å². The Morgan fingerprint density at radius 2 is 2.47 bits per heavy atom. The standard InChI is InChI=1S/C13H18N2O4/c1-18-7-5-15(10-3-6-19-9-10)13(17)12-8-11(16)2-4-14-12/h2,4,8,10H,3,5-7,9H2,1H3,(H,14,16). The van der Waals surface area contributed by atoms with Gasteiger partial charge in [0.05, 0.1) is 19.3 Å². The normalized spacial score (nSPS) is 18.5. The molecule has 0 radical (unpaired) electrons. The largest absolute Gasteiger partial charge is 0.383 e. The van der Waals surface area contributed by atoms with Gasteiger partial charge in [0.1, 0.15) is 5.69 Å². The lowest BCUT2D eigenvalue weighted by molar-refractivity contribution is 0.0570. The molecule has 1 aliphatic heterocycles. The Morgan fingerprint density at radius 3 is 3.11 bits per heavy atom. The molecule has 1 amide bonds. The van der Waals surface area contributed by atoms with Crippen molar-refractivity contribution in [3.8, 4) is 0 Å². The van der Waals surface area contributed by atoms with E-state index >= 15 is 0 Å². The van der Waals surface area contributed by atoms with Crippen LogP contribution in [0.5, 0.6) is 0 Å². The molecule has 0 aromatic carbocycles. The predicted molar refractivity (Wildman–Crippen MR) is 69.2 cm³/mol. The molecule has 0 aliphatic carbocycles. The highest BCUT2D eigenvalue weighted by molar-refractivity contribution is 5.92. The molecule has 2 heterocycles. The number of carbonyl (C=O) groups excluding carboxylic acids is 1. The van der Waals surface area contributed by atoms with E-state index in [4.69, 9.17) is 9.47 Å². The van der Waals surface area contributed by atoms with Gasteiger partial charge in [0, 0.05) is 38.6 Å². The van der Waals surface area contributed by atoms with Crippen molar-refractivity contribution in [3.05, 3.63) is 34.2 Å². The van der Waals surface area contributed by atoms with Gasteiger partial charge in [-0.3, -0.25) is 9.59 Å². The first-order valence-electron chi connectivity index (χ1n) is 6.29. The van der Waals surface area contributed by atoms with Crippen molar-refractivity contribution < 1.29 is 14.3 Å². The molecule has 0 saturated carbocycles. The quantitative estimate of drug-likeness (QED) is 0.829. The van der Waals surface area contributed by atoms with Crippen LogP contribution in [-0.2, 0) is 9.47 Å². The fourth-order valence-electron chi connectivity index (χ4n) is 2.13. The van der Waals surface area contributed by atoms with Crippen molar-refractivity contribution in [2.24, 2.45) is 0 Å². The molecule has 2 rings (SSSR count). The second-order valence-electron chi connectivity index (χ2n) is 4.45. The Morgan fingerprint density at radius 1 is 1.63 bits per heavy atom. The third-order valence-electron chi connectivity index (χ3n) is 3.15. The van der Waals surface area contributed by atoms with E-state index in [-0.39, 0.29) is 17.4 Å². The highest BCUT2D eigenvalue weighted by Gasteiger charge is 2.28.